The standard InChI is InChI=1S/C19H17NO3/c1-14-11-18(21)20(17-10-6-5-9-16(14)17)12-19(22)23-13-15-7-3-2-4-8-15/h2-11H,12-13H2,1H3. The van der Waals surface area contributed by atoms with Crippen molar-refractivity contribution in [3.8, 4) is 0 Å². The number of aromatic nitrogens is 1. The monoisotopic (exact) mass is 307 g/mol. The molecule has 0 unspecified atom stereocenters. The van der Waals surface area contributed by atoms with Crippen molar-refractivity contribution in [2.24, 2.45) is 0 Å². The van der Waals surface area contributed by atoms with Crippen LogP contribution in [0.25, 0.3) is 10.9 Å². The van der Waals surface area contributed by atoms with Crippen molar-refractivity contribution in [3.63, 3.8) is 0 Å². The average Bonchev–Trinajstić information content (AvgIpc) is 2.58. The van der Waals surface area contributed by atoms with Gasteiger partial charge in [0, 0.05) is 11.5 Å². The maximum absolute atomic E-state index is 12.2. The van der Waals surface area contributed by atoms with Gasteiger partial charge < -0.3 is 4.74 Å². The maximum Gasteiger partial charge on any atom is 0.326 e. The Labute approximate surface area is 133 Å². The topological polar surface area (TPSA) is 48.3 Å². The van der Waals surface area contributed by atoms with Gasteiger partial charge in [0.25, 0.3) is 5.56 Å². The van der Waals surface area contributed by atoms with Crippen molar-refractivity contribution in [1.29, 1.82) is 0 Å². The second-order valence-electron chi connectivity index (χ2n) is 5.42. The molecule has 0 radical (unpaired) electrons. The minimum absolute atomic E-state index is 0.0908. The Hall–Kier alpha value is -2.88. The third-order valence-corrected chi connectivity index (χ3v) is 3.76. The molecule has 0 atom stereocenters. The Morgan fingerprint density at radius 1 is 1.04 bits per heavy atom. The second-order valence-corrected chi connectivity index (χ2v) is 5.42. The summed E-state index contributed by atoms with van der Waals surface area (Å²) in [7, 11) is 0. The Balaban J connectivity index is 1.81. The molecular weight excluding hydrogens is 290 g/mol. The lowest BCUT2D eigenvalue weighted by molar-refractivity contribution is -0.145. The number of esters is 1. The smallest absolute Gasteiger partial charge is 0.326 e. The van der Waals surface area contributed by atoms with Gasteiger partial charge in [-0.2, -0.15) is 0 Å². The number of ether oxygens (including phenoxy) is 1. The summed E-state index contributed by atoms with van der Waals surface area (Å²) in [5.74, 6) is -0.426. The van der Waals surface area contributed by atoms with E-state index in [1.807, 2.05) is 61.5 Å². The summed E-state index contributed by atoms with van der Waals surface area (Å²) in [4.78, 5) is 24.3. The van der Waals surface area contributed by atoms with Gasteiger partial charge in [-0.3, -0.25) is 14.2 Å². The molecule has 2 aromatic carbocycles. The largest absolute Gasteiger partial charge is 0.459 e. The first kappa shape index (κ1) is 15.0. The molecule has 0 aliphatic carbocycles. The van der Waals surface area contributed by atoms with E-state index >= 15 is 0 Å². The average molecular weight is 307 g/mol. The van der Waals surface area contributed by atoms with Gasteiger partial charge in [0.05, 0.1) is 5.52 Å². The highest BCUT2D eigenvalue weighted by Crippen LogP contribution is 2.15. The quantitative estimate of drug-likeness (QED) is 0.696. The number of para-hydroxylation sites is 1. The normalized spacial score (nSPS) is 10.7. The molecule has 4 nitrogen and oxygen atoms in total. The van der Waals surface area contributed by atoms with Gasteiger partial charge in [0.1, 0.15) is 13.2 Å². The number of hydrogen-bond acceptors (Lipinski definition) is 3. The van der Waals surface area contributed by atoms with Crippen LogP contribution in [0.4, 0.5) is 0 Å². The van der Waals surface area contributed by atoms with Crippen molar-refractivity contribution in [1.82, 2.24) is 4.57 Å². The molecule has 3 rings (SSSR count). The number of hydrogen-bond donors (Lipinski definition) is 0. The molecular formula is C19H17NO3. The van der Waals surface area contributed by atoms with Crippen LogP contribution in [0.5, 0.6) is 0 Å². The van der Waals surface area contributed by atoms with Crippen LogP contribution in [0.2, 0.25) is 0 Å². The number of nitrogens with zero attached hydrogens (tertiary/aromatic N) is 1. The molecule has 116 valence electrons. The lowest BCUT2D eigenvalue weighted by Gasteiger charge is -2.11. The minimum atomic E-state index is -0.426. The van der Waals surface area contributed by atoms with Gasteiger partial charge in [0.15, 0.2) is 0 Å². The lowest BCUT2D eigenvalue weighted by atomic mass is 10.1. The first-order valence-electron chi connectivity index (χ1n) is 7.44. The van der Waals surface area contributed by atoms with Crippen molar-refractivity contribution < 1.29 is 9.53 Å². The fourth-order valence-electron chi connectivity index (χ4n) is 2.58. The molecule has 0 aliphatic heterocycles. The van der Waals surface area contributed by atoms with Crippen molar-refractivity contribution in [2.75, 3.05) is 0 Å². The summed E-state index contributed by atoms with van der Waals surface area (Å²) in [5, 5.41) is 0.961. The van der Waals surface area contributed by atoms with Crippen molar-refractivity contribution in [3.05, 3.63) is 82.1 Å². The SMILES string of the molecule is Cc1cc(=O)n(CC(=O)OCc2ccccc2)c2ccccc12. The molecule has 0 fully saturated rings. The molecule has 0 aliphatic rings. The highest BCUT2D eigenvalue weighted by atomic mass is 16.5. The van der Waals surface area contributed by atoms with E-state index in [2.05, 4.69) is 0 Å². The number of carbonyl (C=O) groups is 1. The van der Waals surface area contributed by atoms with Crippen LogP contribution >= 0.6 is 0 Å². The molecule has 0 bridgehead atoms. The summed E-state index contributed by atoms with van der Waals surface area (Å²) in [6, 6.07) is 18.6. The zero-order chi connectivity index (χ0) is 16.2. The Bertz CT molecular complexity index is 897. The van der Waals surface area contributed by atoms with Gasteiger partial charge in [-0.1, -0.05) is 48.5 Å². The molecule has 1 heterocycles. The van der Waals surface area contributed by atoms with Gasteiger partial charge in [-0.05, 0) is 24.1 Å². The van der Waals surface area contributed by atoms with Crippen LogP contribution in [0.1, 0.15) is 11.1 Å². The number of aryl methyl sites for hydroxylation is 1. The summed E-state index contributed by atoms with van der Waals surface area (Å²) in [5.41, 5.74) is 2.37. The molecule has 1 aromatic heterocycles. The summed E-state index contributed by atoms with van der Waals surface area (Å²) in [6.07, 6.45) is 0. The number of benzene rings is 2. The third-order valence-electron chi connectivity index (χ3n) is 3.76. The highest BCUT2D eigenvalue weighted by molar-refractivity contribution is 5.83. The summed E-state index contributed by atoms with van der Waals surface area (Å²) < 4.78 is 6.72. The fourth-order valence-corrected chi connectivity index (χ4v) is 2.58. The van der Waals surface area contributed by atoms with Crippen molar-refractivity contribution in [2.45, 2.75) is 20.1 Å². The molecule has 0 saturated heterocycles. The first-order valence-corrected chi connectivity index (χ1v) is 7.44. The van der Waals surface area contributed by atoms with E-state index < -0.39 is 5.97 Å². The van der Waals surface area contributed by atoms with Gasteiger partial charge in [-0.15, -0.1) is 0 Å². The third kappa shape index (κ3) is 3.31. The van der Waals surface area contributed by atoms with E-state index in [1.54, 1.807) is 6.07 Å². The van der Waals surface area contributed by atoms with E-state index in [-0.39, 0.29) is 18.7 Å². The van der Waals surface area contributed by atoms with Gasteiger partial charge in [-0.25, -0.2) is 0 Å². The van der Waals surface area contributed by atoms with Gasteiger partial charge >= 0.3 is 5.97 Å². The Morgan fingerprint density at radius 2 is 1.74 bits per heavy atom. The van der Waals surface area contributed by atoms with Crippen LogP contribution in [-0.4, -0.2) is 10.5 Å². The predicted octanol–water partition coefficient (Wildman–Crippen LogP) is 3.05. The highest BCUT2D eigenvalue weighted by Gasteiger charge is 2.11. The molecule has 4 heteroatoms. The van der Waals surface area contributed by atoms with E-state index in [0.717, 1.165) is 22.0 Å². The first-order chi connectivity index (χ1) is 11.1. The van der Waals surface area contributed by atoms with E-state index in [4.69, 9.17) is 4.74 Å². The summed E-state index contributed by atoms with van der Waals surface area (Å²) in [6.45, 7) is 2.01. The van der Waals surface area contributed by atoms with E-state index in [0.29, 0.717) is 0 Å². The molecule has 0 amide bonds. The van der Waals surface area contributed by atoms with Crippen LogP contribution in [0, 0.1) is 6.92 Å². The molecule has 0 saturated carbocycles. The number of pyridine rings is 1. The Kier molecular flexibility index (Phi) is 4.24. The Morgan fingerprint density at radius 3 is 2.52 bits per heavy atom. The van der Waals surface area contributed by atoms with E-state index in [1.165, 1.54) is 4.57 Å². The van der Waals surface area contributed by atoms with Crippen LogP contribution in [0.15, 0.2) is 65.5 Å². The molecule has 0 spiro atoms. The molecule has 3 aromatic rings. The molecule has 0 N–H and O–H groups in total. The number of rotatable bonds is 4. The fraction of sp³-hybridized carbons (Fsp3) is 0.158. The predicted molar refractivity (Wildman–Crippen MR) is 89.2 cm³/mol. The van der Waals surface area contributed by atoms with E-state index in [9.17, 15) is 9.59 Å². The lowest BCUT2D eigenvalue weighted by Crippen LogP contribution is -2.25. The van der Waals surface area contributed by atoms with Gasteiger partial charge in [0.2, 0.25) is 0 Å². The van der Waals surface area contributed by atoms with Crippen LogP contribution < -0.4 is 5.56 Å². The number of fused-ring (bicyclic) bond motifs is 1. The number of carbonyl (C=O) groups excluding carboxylic acids is 1. The van der Waals surface area contributed by atoms with Crippen LogP contribution in [-0.2, 0) is 22.7 Å². The second kappa shape index (κ2) is 6.48. The molecule has 23 heavy (non-hydrogen) atoms. The zero-order valence-corrected chi connectivity index (χ0v) is 12.9. The summed E-state index contributed by atoms with van der Waals surface area (Å²) >= 11 is 0. The minimum Gasteiger partial charge on any atom is -0.459 e. The maximum atomic E-state index is 12.2. The van der Waals surface area contributed by atoms with Crippen LogP contribution in [0.3, 0.4) is 0 Å². The zero-order valence-electron chi connectivity index (χ0n) is 12.9. The van der Waals surface area contributed by atoms with Crippen molar-refractivity contribution >= 4 is 16.9 Å².